The number of aromatic nitrogens is 2. The van der Waals surface area contributed by atoms with Crippen molar-refractivity contribution in [2.24, 2.45) is 0 Å². The summed E-state index contributed by atoms with van der Waals surface area (Å²) >= 11 is 3.29. The number of rotatable bonds is 8. The molecule has 0 fully saturated rings. The second-order valence-corrected chi connectivity index (χ2v) is 5.57. The third-order valence-electron chi connectivity index (χ3n) is 2.95. The normalized spacial score (nSPS) is 10.7. The van der Waals surface area contributed by atoms with E-state index in [1.54, 1.807) is 24.0 Å². The van der Waals surface area contributed by atoms with Gasteiger partial charge in [-0.05, 0) is 41.1 Å². The summed E-state index contributed by atoms with van der Waals surface area (Å²) in [5.41, 5.74) is 0.293. The van der Waals surface area contributed by atoms with Gasteiger partial charge in [-0.1, -0.05) is 0 Å². The summed E-state index contributed by atoms with van der Waals surface area (Å²) in [7, 11) is 0. The van der Waals surface area contributed by atoms with Crippen LogP contribution in [0.15, 0.2) is 35.1 Å². The fourth-order valence-electron chi connectivity index (χ4n) is 1.96. The summed E-state index contributed by atoms with van der Waals surface area (Å²) in [6, 6.07) is 4.07. The first-order valence-electron chi connectivity index (χ1n) is 7.17. The van der Waals surface area contributed by atoms with E-state index in [1.807, 2.05) is 0 Å². The average molecular weight is 404 g/mol. The van der Waals surface area contributed by atoms with Crippen molar-refractivity contribution in [1.29, 1.82) is 0 Å². The summed E-state index contributed by atoms with van der Waals surface area (Å²) in [5.74, 6) is -0.350. The minimum Gasteiger partial charge on any atom is -0.490 e. The summed E-state index contributed by atoms with van der Waals surface area (Å²) < 4.78 is 36.9. The zero-order valence-corrected chi connectivity index (χ0v) is 14.4. The molecule has 24 heavy (non-hydrogen) atoms. The fourth-order valence-corrected chi connectivity index (χ4v) is 2.29. The van der Waals surface area contributed by atoms with E-state index in [0.717, 1.165) is 4.47 Å². The Hall–Kier alpha value is -2.16. The van der Waals surface area contributed by atoms with Crippen LogP contribution in [0.4, 0.5) is 8.78 Å². The lowest BCUT2D eigenvalue weighted by atomic mass is 10.2. The van der Waals surface area contributed by atoms with Crippen molar-refractivity contribution in [1.82, 2.24) is 15.1 Å². The largest absolute Gasteiger partial charge is 0.490 e. The van der Waals surface area contributed by atoms with Crippen LogP contribution in [-0.2, 0) is 6.54 Å². The lowest BCUT2D eigenvalue weighted by Crippen LogP contribution is -2.27. The minimum atomic E-state index is -2.96. The quantitative estimate of drug-likeness (QED) is 0.735. The molecular weight excluding hydrogens is 388 g/mol. The second-order valence-electron chi connectivity index (χ2n) is 4.65. The molecule has 0 aliphatic carbocycles. The van der Waals surface area contributed by atoms with E-state index in [1.165, 1.54) is 18.2 Å². The Bertz CT molecular complexity index is 694. The third-order valence-corrected chi connectivity index (χ3v) is 3.36. The maximum absolute atomic E-state index is 12.4. The highest BCUT2D eigenvalue weighted by Crippen LogP contribution is 2.29. The molecule has 1 aromatic heterocycles. The van der Waals surface area contributed by atoms with E-state index in [4.69, 9.17) is 4.74 Å². The van der Waals surface area contributed by atoms with E-state index in [2.05, 4.69) is 31.1 Å². The molecule has 0 aliphatic rings. The van der Waals surface area contributed by atoms with Crippen LogP contribution in [-0.4, -0.2) is 35.5 Å². The van der Waals surface area contributed by atoms with Gasteiger partial charge in [0.1, 0.15) is 0 Å². The predicted molar refractivity (Wildman–Crippen MR) is 86.5 cm³/mol. The number of halogens is 3. The van der Waals surface area contributed by atoms with Crippen LogP contribution in [0.1, 0.15) is 17.3 Å². The van der Waals surface area contributed by atoms with Crippen molar-refractivity contribution < 1.29 is 23.0 Å². The Balaban J connectivity index is 1.98. The van der Waals surface area contributed by atoms with Crippen molar-refractivity contribution in [2.45, 2.75) is 20.1 Å². The molecule has 1 aromatic carbocycles. The van der Waals surface area contributed by atoms with Gasteiger partial charge in [-0.3, -0.25) is 9.48 Å². The van der Waals surface area contributed by atoms with Crippen LogP contribution in [0.3, 0.4) is 0 Å². The fraction of sp³-hybridized carbons (Fsp3) is 0.333. The molecule has 0 aliphatic heterocycles. The van der Waals surface area contributed by atoms with Gasteiger partial charge in [0.25, 0.3) is 5.91 Å². The number of alkyl halides is 2. The molecule has 0 bridgehead atoms. The summed E-state index contributed by atoms with van der Waals surface area (Å²) in [6.07, 6.45) is 3.44. The highest BCUT2D eigenvalue weighted by molar-refractivity contribution is 9.10. The van der Waals surface area contributed by atoms with Crippen molar-refractivity contribution in [2.75, 3.05) is 13.2 Å². The lowest BCUT2D eigenvalue weighted by molar-refractivity contribution is -0.0514. The number of nitrogens with zero attached hydrogens (tertiary/aromatic N) is 2. The molecule has 0 spiro atoms. The third kappa shape index (κ3) is 5.19. The number of hydrogen-bond acceptors (Lipinski definition) is 4. The first kappa shape index (κ1) is 18.2. The second kappa shape index (κ2) is 8.62. The number of benzene rings is 1. The zero-order chi connectivity index (χ0) is 17.5. The molecule has 0 saturated heterocycles. The summed E-state index contributed by atoms with van der Waals surface area (Å²) in [6.45, 7) is -0.119. The molecule has 2 aromatic rings. The van der Waals surface area contributed by atoms with Crippen LogP contribution >= 0.6 is 15.9 Å². The Morgan fingerprint density at radius 2 is 2.21 bits per heavy atom. The number of ether oxygens (including phenoxy) is 2. The lowest BCUT2D eigenvalue weighted by Gasteiger charge is -2.12. The molecule has 6 nitrogen and oxygen atoms in total. The number of nitrogens with one attached hydrogen (secondary N) is 1. The topological polar surface area (TPSA) is 65.4 Å². The molecule has 1 amide bonds. The maximum Gasteiger partial charge on any atom is 0.387 e. The minimum absolute atomic E-state index is 0.0986. The Morgan fingerprint density at radius 1 is 1.42 bits per heavy atom. The molecular formula is C15H16BrF2N3O3. The standard InChI is InChI=1S/C15H16BrF2N3O3/c1-2-23-13-7-10(3-4-12(13)24-15(17)18)14(22)19-5-6-21-9-11(16)8-20-21/h3-4,7-9,15H,2,5-6H2,1H3,(H,19,22). The summed E-state index contributed by atoms with van der Waals surface area (Å²) in [5, 5.41) is 6.80. The molecule has 130 valence electrons. The predicted octanol–water partition coefficient (Wildman–Crippen LogP) is 3.08. The van der Waals surface area contributed by atoms with Crippen LogP contribution in [0, 0.1) is 0 Å². The first-order chi connectivity index (χ1) is 11.5. The highest BCUT2D eigenvalue weighted by Gasteiger charge is 2.14. The molecule has 9 heteroatoms. The van der Waals surface area contributed by atoms with Gasteiger partial charge in [0, 0.05) is 18.3 Å². The van der Waals surface area contributed by atoms with E-state index in [0.29, 0.717) is 18.7 Å². The van der Waals surface area contributed by atoms with Crippen molar-refractivity contribution in [3.8, 4) is 11.5 Å². The van der Waals surface area contributed by atoms with Gasteiger partial charge in [0.2, 0.25) is 0 Å². The molecule has 0 radical (unpaired) electrons. The number of carbonyl (C=O) groups excluding carboxylic acids is 1. The SMILES string of the molecule is CCOc1cc(C(=O)NCCn2cc(Br)cn2)ccc1OC(F)F. The van der Waals surface area contributed by atoms with E-state index in [9.17, 15) is 13.6 Å². The van der Waals surface area contributed by atoms with Crippen molar-refractivity contribution in [3.05, 3.63) is 40.6 Å². The van der Waals surface area contributed by atoms with E-state index in [-0.39, 0.29) is 24.0 Å². The Kier molecular flexibility index (Phi) is 6.53. The van der Waals surface area contributed by atoms with Crippen LogP contribution in [0.5, 0.6) is 11.5 Å². The van der Waals surface area contributed by atoms with Gasteiger partial charge in [-0.25, -0.2) is 0 Å². The number of carbonyl (C=O) groups is 1. The molecule has 2 rings (SSSR count). The smallest absolute Gasteiger partial charge is 0.387 e. The first-order valence-corrected chi connectivity index (χ1v) is 7.96. The van der Waals surface area contributed by atoms with Gasteiger partial charge >= 0.3 is 6.61 Å². The van der Waals surface area contributed by atoms with Gasteiger partial charge in [0.15, 0.2) is 11.5 Å². The van der Waals surface area contributed by atoms with Gasteiger partial charge < -0.3 is 14.8 Å². The van der Waals surface area contributed by atoms with Gasteiger partial charge in [0.05, 0.1) is 23.8 Å². The molecule has 0 saturated carbocycles. The molecule has 0 atom stereocenters. The van der Waals surface area contributed by atoms with Crippen LogP contribution in [0.2, 0.25) is 0 Å². The van der Waals surface area contributed by atoms with Crippen molar-refractivity contribution >= 4 is 21.8 Å². The molecule has 1 N–H and O–H groups in total. The maximum atomic E-state index is 12.4. The number of hydrogen-bond donors (Lipinski definition) is 1. The zero-order valence-electron chi connectivity index (χ0n) is 12.8. The Morgan fingerprint density at radius 3 is 2.83 bits per heavy atom. The number of amides is 1. The molecule has 1 heterocycles. The summed E-state index contributed by atoms with van der Waals surface area (Å²) in [4.78, 5) is 12.1. The van der Waals surface area contributed by atoms with E-state index >= 15 is 0 Å². The van der Waals surface area contributed by atoms with E-state index < -0.39 is 6.61 Å². The average Bonchev–Trinajstić information content (AvgIpc) is 2.94. The van der Waals surface area contributed by atoms with Gasteiger partial charge in [-0.15, -0.1) is 0 Å². The van der Waals surface area contributed by atoms with Gasteiger partial charge in [-0.2, -0.15) is 13.9 Å². The molecule has 0 unspecified atom stereocenters. The highest BCUT2D eigenvalue weighted by atomic mass is 79.9. The monoisotopic (exact) mass is 403 g/mol. The Labute approximate surface area is 145 Å². The van der Waals surface area contributed by atoms with Crippen LogP contribution in [0.25, 0.3) is 0 Å². The van der Waals surface area contributed by atoms with Crippen molar-refractivity contribution in [3.63, 3.8) is 0 Å². The van der Waals surface area contributed by atoms with Crippen LogP contribution < -0.4 is 14.8 Å².